The van der Waals surface area contributed by atoms with Gasteiger partial charge in [-0.3, -0.25) is 19.4 Å². The molecule has 4 N–H and O–H groups in total. The second-order valence-corrected chi connectivity index (χ2v) is 8.51. The van der Waals surface area contributed by atoms with E-state index in [4.69, 9.17) is 28.3 Å². The lowest BCUT2D eigenvalue weighted by Crippen LogP contribution is -2.34. The minimum absolute atomic E-state index is 0.0275. The summed E-state index contributed by atoms with van der Waals surface area (Å²) < 4.78 is 27.8. The number of nitrogens with zero attached hydrogens (tertiary/aromatic N) is 4. The number of carbonyl (C=O) groups excluding carboxylic acids is 3. The van der Waals surface area contributed by atoms with Crippen molar-refractivity contribution in [2.75, 3.05) is 32.1 Å². The first-order valence-corrected chi connectivity index (χ1v) is 12.2. The third-order valence-electron chi connectivity index (χ3n) is 5.13. The summed E-state index contributed by atoms with van der Waals surface area (Å²) in [6, 6.07) is 6.43. The van der Waals surface area contributed by atoms with E-state index < -0.39 is 29.8 Å². The van der Waals surface area contributed by atoms with E-state index >= 15 is 0 Å². The van der Waals surface area contributed by atoms with E-state index in [1.807, 2.05) is 0 Å². The molecule has 0 bridgehead atoms. The van der Waals surface area contributed by atoms with Gasteiger partial charge in [0.2, 0.25) is 0 Å². The summed E-state index contributed by atoms with van der Waals surface area (Å²) in [5.41, 5.74) is -1.24. The van der Waals surface area contributed by atoms with Gasteiger partial charge in [0.25, 0.3) is 24.1 Å². The van der Waals surface area contributed by atoms with Gasteiger partial charge >= 0.3 is 0 Å². The van der Waals surface area contributed by atoms with Gasteiger partial charge in [0.1, 0.15) is 17.1 Å². The molecule has 0 saturated carbocycles. The normalized spacial score (nSPS) is 11.4. The number of aliphatic imine (C=N–C) groups is 1. The molecule has 39 heavy (non-hydrogen) atoms. The van der Waals surface area contributed by atoms with Crippen LogP contribution in [0.1, 0.15) is 45.5 Å². The molecular weight excluding hydrogens is 559 g/mol. The minimum atomic E-state index is -3.00. The van der Waals surface area contributed by atoms with Crippen LogP contribution >= 0.6 is 23.2 Å². The molecule has 3 rings (SSSR count). The van der Waals surface area contributed by atoms with Crippen molar-refractivity contribution in [2.24, 2.45) is 4.99 Å². The Morgan fingerprint density at radius 2 is 1.90 bits per heavy atom. The minimum Gasteiger partial charge on any atom is -0.395 e. The molecule has 2 heterocycles. The molecule has 206 valence electrons. The van der Waals surface area contributed by atoms with Crippen LogP contribution in [0.15, 0.2) is 41.5 Å². The number of benzene rings is 1. The smallest absolute Gasteiger partial charge is 0.282 e. The SMILES string of the molecule is CC/N=C(/C(=O)NCCO)c1cc(Cl)c(NC(=O)c2cc(C(F)F)nn2-c2ncccc2Cl)c(C(=O)NC)c1. The van der Waals surface area contributed by atoms with Crippen molar-refractivity contribution in [3.8, 4) is 5.82 Å². The summed E-state index contributed by atoms with van der Waals surface area (Å²) >= 11 is 12.6. The molecule has 11 nitrogen and oxygen atoms in total. The molecule has 2 aromatic heterocycles. The Balaban J connectivity index is 2.10. The number of aromatic nitrogens is 3. The number of hydrogen-bond donors (Lipinski definition) is 4. The molecule has 0 radical (unpaired) electrons. The average molecular weight is 582 g/mol. The summed E-state index contributed by atoms with van der Waals surface area (Å²) in [7, 11) is 1.34. The molecule has 0 atom stereocenters. The van der Waals surface area contributed by atoms with Crippen molar-refractivity contribution in [1.82, 2.24) is 25.4 Å². The summed E-state index contributed by atoms with van der Waals surface area (Å²) in [6.45, 7) is 1.59. The predicted molar refractivity (Wildman–Crippen MR) is 141 cm³/mol. The van der Waals surface area contributed by atoms with Crippen LogP contribution in [0.5, 0.6) is 0 Å². The number of aliphatic hydroxyl groups excluding tert-OH is 1. The van der Waals surface area contributed by atoms with Crippen molar-refractivity contribution in [1.29, 1.82) is 0 Å². The van der Waals surface area contributed by atoms with Crippen molar-refractivity contribution in [3.63, 3.8) is 0 Å². The Kier molecular flexibility index (Phi) is 10.0. The van der Waals surface area contributed by atoms with Gasteiger partial charge in [-0.15, -0.1) is 0 Å². The van der Waals surface area contributed by atoms with E-state index in [1.54, 1.807) is 6.92 Å². The fourth-order valence-electron chi connectivity index (χ4n) is 3.43. The summed E-state index contributed by atoms with van der Waals surface area (Å²) in [5, 5.41) is 20.1. The van der Waals surface area contributed by atoms with Crippen LogP contribution in [0.4, 0.5) is 14.5 Å². The summed E-state index contributed by atoms with van der Waals surface area (Å²) in [4.78, 5) is 46.9. The molecule has 3 amide bonds. The summed E-state index contributed by atoms with van der Waals surface area (Å²) in [5.74, 6) is -2.30. The molecule has 0 aliphatic heterocycles. The lowest BCUT2D eigenvalue weighted by atomic mass is 10.0. The first-order chi connectivity index (χ1) is 18.6. The van der Waals surface area contributed by atoms with E-state index in [0.29, 0.717) is 0 Å². The maximum atomic E-state index is 13.5. The van der Waals surface area contributed by atoms with Crippen LogP contribution in [0, 0.1) is 0 Å². The predicted octanol–water partition coefficient (Wildman–Crippen LogP) is 3.04. The number of anilines is 1. The molecule has 3 aromatic rings. The van der Waals surface area contributed by atoms with Gasteiger partial charge in [0, 0.05) is 31.9 Å². The van der Waals surface area contributed by atoms with Gasteiger partial charge in [0.15, 0.2) is 5.82 Å². The van der Waals surface area contributed by atoms with Crippen LogP contribution in [-0.2, 0) is 4.79 Å². The largest absolute Gasteiger partial charge is 0.395 e. The number of nitrogens with one attached hydrogen (secondary N) is 3. The highest BCUT2D eigenvalue weighted by Gasteiger charge is 2.26. The van der Waals surface area contributed by atoms with Crippen LogP contribution in [0.2, 0.25) is 10.0 Å². The number of hydrogen-bond acceptors (Lipinski definition) is 7. The first kappa shape index (κ1) is 29.6. The topological polar surface area (TPSA) is 151 Å². The number of carbonyl (C=O) groups is 3. The van der Waals surface area contributed by atoms with Gasteiger partial charge in [-0.2, -0.15) is 5.10 Å². The van der Waals surface area contributed by atoms with E-state index in [1.165, 1.54) is 37.5 Å². The fraction of sp³-hybridized carbons (Fsp3) is 0.250. The highest BCUT2D eigenvalue weighted by Crippen LogP contribution is 2.31. The highest BCUT2D eigenvalue weighted by molar-refractivity contribution is 6.46. The number of pyridine rings is 1. The molecule has 1 aromatic carbocycles. The molecule has 0 saturated heterocycles. The van der Waals surface area contributed by atoms with Crippen molar-refractivity contribution in [2.45, 2.75) is 13.3 Å². The second-order valence-electron chi connectivity index (χ2n) is 7.69. The standard InChI is InChI=1S/C24H23Cl2F2N7O4/c1-3-30-18(24(39)32-7-8-36)12-9-13(22(37)29-2)19(15(26)10-12)33-23(38)17-11-16(20(27)28)34-35(17)21-14(25)5-4-6-31-21/h4-6,9-11,20,36H,3,7-8H2,1-2H3,(H,29,37)(H,32,39)(H,33,38)/b30-18+. The van der Waals surface area contributed by atoms with E-state index in [9.17, 15) is 23.2 Å². The number of amides is 3. The summed E-state index contributed by atoms with van der Waals surface area (Å²) in [6.07, 6.45) is -1.66. The molecule has 0 unspecified atom stereocenters. The van der Waals surface area contributed by atoms with Crippen LogP contribution in [0.3, 0.4) is 0 Å². The number of aliphatic hydroxyl groups is 1. The lowest BCUT2D eigenvalue weighted by Gasteiger charge is -2.16. The van der Waals surface area contributed by atoms with Gasteiger partial charge < -0.3 is 21.1 Å². The zero-order valence-electron chi connectivity index (χ0n) is 20.6. The Hall–Kier alpha value is -3.94. The third kappa shape index (κ3) is 6.74. The quantitative estimate of drug-likeness (QED) is 0.270. The molecule has 0 aliphatic rings. The third-order valence-corrected chi connectivity index (χ3v) is 5.72. The average Bonchev–Trinajstić information content (AvgIpc) is 3.37. The zero-order chi connectivity index (χ0) is 28.7. The number of rotatable bonds is 10. The monoisotopic (exact) mass is 581 g/mol. The Morgan fingerprint density at radius 1 is 1.15 bits per heavy atom. The van der Waals surface area contributed by atoms with E-state index in [2.05, 4.69) is 31.0 Å². The fourth-order valence-corrected chi connectivity index (χ4v) is 3.90. The molecule has 0 spiro atoms. The Labute approximate surface area is 231 Å². The van der Waals surface area contributed by atoms with Gasteiger partial charge in [-0.1, -0.05) is 23.2 Å². The van der Waals surface area contributed by atoms with Crippen LogP contribution in [0.25, 0.3) is 5.82 Å². The Bertz CT molecular complexity index is 1430. The van der Waals surface area contributed by atoms with Gasteiger partial charge in [-0.25, -0.2) is 18.4 Å². The van der Waals surface area contributed by atoms with Gasteiger partial charge in [-0.05, 0) is 37.3 Å². The molecular formula is C24H23Cl2F2N7O4. The molecule has 15 heteroatoms. The molecule has 0 fully saturated rings. The maximum Gasteiger partial charge on any atom is 0.282 e. The van der Waals surface area contributed by atoms with E-state index in [-0.39, 0.29) is 63.8 Å². The highest BCUT2D eigenvalue weighted by atomic mass is 35.5. The van der Waals surface area contributed by atoms with Crippen molar-refractivity contribution < 1.29 is 28.3 Å². The lowest BCUT2D eigenvalue weighted by molar-refractivity contribution is -0.114. The number of halogens is 4. The van der Waals surface area contributed by atoms with Crippen molar-refractivity contribution >= 4 is 52.3 Å². The number of alkyl halides is 2. The van der Waals surface area contributed by atoms with Crippen LogP contribution in [-0.4, -0.2) is 70.0 Å². The second kappa shape index (κ2) is 13.2. The maximum absolute atomic E-state index is 13.5. The molecule has 0 aliphatic carbocycles. The first-order valence-electron chi connectivity index (χ1n) is 11.4. The van der Waals surface area contributed by atoms with Gasteiger partial charge in [0.05, 0.1) is 27.9 Å². The van der Waals surface area contributed by atoms with Crippen LogP contribution < -0.4 is 16.0 Å². The van der Waals surface area contributed by atoms with Crippen molar-refractivity contribution in [3.05, 3.63) is 69.1 Å². The van der Waals surface area contributed by atoms with E-state index in [0.717, 1.165) is 10.7 Å². The Morgan fingerprint density at radius 3 is 2.51 bits per heavy atom. The zero-order valence-corrected chi connectivity index (χ0v) is 22.1.